The molecule has 0 spiro atoms. The van der Waals surface area contributed by atoms with Gasteiger partial charge in [0.15, 0.2) is 5.82 Å². The van der Waals surface area contributed by atoms with Gasteiger partial charge in [-0.25, -0.2) is 9.07 Å². The first kappa shape index (κ1) is 21.5. The highest BCUT2D eigenvalue weighted by molar-refractivity contribution is 5.82. The fourth-order valence-corrected chi connectivity index (χ4v) is 4.67. The molecule has 1 N–H and O–H groups in total. The highest BCUT2D eigenvalue weighted by Gasteiger charge is 2.32. The van der Waals surface area contributed by atoms with E-state index in [-0.39, 0.29) is 17.4 Å². The Hall–Kier alpha value is -3.39. The molecule has 0 aliphatic carbocycles. The van der Waals surface area contributed by atoms with E-state index in [9.17, 15) is 9.18 Å². The van der Waals surface area contributed by atoms with Crippen LogP contribution in [-0.2, 0) is 6.54 Å². The lowest BCUT2D eigenvalue weighted by Crippen LogP contribution is -2.40. The first-order valence-electron chi connectivity index (χ1n) is 11.4. The second-order valence-corrected chi connectivity index (χ2v) is 9.04. The standard InChI is InChI=1S/C25H27FN6O/c1-16-10-12-31(13-11-16)23(21-14-19-5-3-4-17(2)22(19)27-25(21)33)24-28-29-30-32(24)15-18-6-8-20(26)9-7-18/h3-9,14,16,23H,10-13,15H2,1-2H3,(H,27,33). The molecule has 0 saturated carbocycles. The molecule has 1 aliphatic rings. The summed E-state index contributed by atoms with van der Waals surface area (Å²) in [6.45, 7) is 6.37. The summed E-state index contributed by atoms with van der Waals surface area (Å²) in [6, 6.07) is 13.9. The molecule has 1 aliphatic heterocycles. The molecule has 3 heterocycles. The lowest BCUT2D eigenvalue weighted by atomic mass is 9.95. The zero-order valence-corrected chi connectivity index (χ0v) is 18.8. The zero-order chi connectivity index (χ0) is 22.9. The summed E-state index contributed by atoms with van der Waals surface area (Å²) >= 11 is 0. The SMILES string of the molecule is Cc1cccc2cc(C(c3nnnn3Cc3ccc(F)cc3)N3CCC(C)CC3)c(=O)[nH]c12. The fourth-order valence-electron chi connectivity index (χ4n) is 4.67. The minimum absolute atomic E-state index is 0.128. The van der Waals surface area contributed by atoms with Crippen LogP contribution in [0.2, 0.25) is 0 Å². The zero-order valence-electron chi connectivity index (χ0n) is 18.8. The second-order valence-electron chi connectivity index (χ2n) is 9.04. The summed E-state index contributed by atoms with van der Waals surface area (Å²) in [5, 5.41) is 13.5. The van der Waals surface area contributed by atoms with Crippen molar-refractivity contribution in [2.75, 3.05) is 13.1 Å². The van der Waals surface area contributed by atoms with E-state index in [2.05, 4.69) is 32.3 Å². The van der Waals surface area contributed by atoms with Crippen molar-refractivity contribution in [2.45, 2.75) is 39.3 Å². The highest BCUT2D eigenvalue weighted by atomic mass is 19.1. The molecule has 1 fully saturated rings. The summed E-state index contributed by atoms with van der Waals surface area (Å²) in [5.74, 6) is 0.982. The van der Waals surface area contributed by atoms with Crippen LogP contribution < -0.4 is 5.56 Å². The summed E-state index contributed by atoms with van der Waals surface area (Å²) in [5.41, 5.74) is 3.28. The maximum atomic E-state index is 13.4. The van der Waals surface area contributed by atoms with Crippen molar-refractivity contribution in [1.29, 1.82) is 0 Å². The van der Waals surface area contributed by atoms with E-state index in [1.54, 1.807) is 16.8 Å². The Bertz CT molecular complexity index is 1320. The van der Waals surface area contributed by atoms with Crippen molar-refractivity contribution < 1.29 is 4.39 Å². The number of aromatic amines is 1. The molecular formula is C25H27FN6O. The largest absolute Gasteiger partial charge is 0.321 e. The Morgan fingerprint density at radius 3 is 2.67 bits per heavy atom. The first-order valence-corrected chi connectivity index (χ1v) is 11.4. The van der Waals surface area contributed by atoms with Crippen LogP contribution in [0, 0.1) is 18.7 Å². The minimum Gasteiger partial charge on any atom is -0.321 e. The van der Waals surface area contributed by atoms with Crippen LogP contribution in [0.5, 0.6) is 0 Å². The molecule has 8 heteroatoms. The second kappa shape index (κ2) is 8.86. The normalized spacial score (nSPS) is 16.3. The molecular weight excluding hydrogens is 419 g/mol. The fraction of sp³-hybridized carbons (Fsp3) is 0.360. The Morgan fingerprint density at radius 1 is 1.15 bits per heavy atom. The van der Waals surface area contributed by atoms with Gasteiger partial charge in [-0.3, -0.25) is 9.69 Å². The maximum Gasteiger partial charge on any atom is 0.253 e. The van der Waals surface area contributed by atoms with E-state index in [1.807, 2.05) is 31.2 Å². The van der Waals surface area contributed by atoms with E-state index in [4.69, 9.17) is 0 Å². The quantitative estimate of drug-likeness (QED) is 0.504. The summed E-state index contributed by atoms with van der Waals surface area (Å²) in [4.78, 5) is 18.7. The predicted molar refractivity (Wildman–Crippen MR) is 124 cm³/mol. The number of rotatable bonds is 5. The number of pyridine rings is 1. The summed E-state index contributed by atoms with van der Waals surface area (Å²) in [7, 11) is 0. The van der Waals surface area contributed by atoms with Gasteiger partial charge >= 0.3 is 0 Å². The van der Waals surface area contributed by atoms with Crippen LogP contribution >= 0.6 is 0 Å². The monoisotopic (exact) mass is 446 g/mol. The number of nitrogens with one attached hydrogen (secondary N) is 1. The topological polar surface area (TPSA) is 79.7 Å². The van der Waals surface area contributed by atoms with Gasteiger partial charge in [0.05, 0.1) is 12.1 Å². The third-order valence-corrected chi connectivity index (χ3v) is 6.64. The predicted octanol–water partition coefficient (Wildman–Crippen LogP) is 3.83. The van der Waals surface area contributed by atoms with Crippen molar-refractivity contribution in [3.05, 3.63) is 87.2 Å². The lowest BCUT2D eigenvalue weighted by molar-refractivity contribution is 0.149. The molecule has 1 atom stereocenters. The molecule has 170 valence electrons. The van der Waals surface area contributed by atoms with E-state index < -0.39 is 0 Å². The average molecular weight is 447 g/mol. The van der Waals surface area contributed by atoms with Gasteiger partial charge in [0, 0.05) is 5.56 Å². The number of aryl methyl sites for hydroxylation is 1. The molecule has 4 aromatic rings. The Kier molecular flexibility index (Phi) is 5.76. The number of piperidine rings is 1. The number of likely N-dealkylation sites (tertiary alicyclic amines) is 1. The van der Waals surface area contributed by atoms with Gasteiger partial charge in [0.1, 0.15) is 11.9 Å². The molecule has 0 radical (unpaired) electrons. The average Bonchev–Trinajstić information content (AvgIpc) is 3.25. The van der Waals surface area contributed by atoms with Crippen molar-refractivity contribution in [2.24, 2.45) is 5.92 Å². The van der Waals surface area contributed by atoms with Gasteiger partial charge in [-0.15, -0.1) is 5.10 Å². The highest BCUT2D eigenvalue weighted by Crippen LogP contribution is 2.31. The van der Waals surface area contributed by atoms with Gasteiger partial charge in [-0.1, -0.05) is 37.3 Å². The number of para-hydroxylation sites is 1. The third kappa shape index (κ3) is 4.30. The number of halogens is 1. The Labute approximate surface area is 191 Å². The number of H-pyrrole nitrogens is 1. The number of hydrogen-bond donors (Lipinski definition) is 1. The van der Waals surface area contributed by atoms with E-state index in [0.29, 0.717) is 23.9 Å². The van der Waals surface area contributed by atoms with Gasteiger partial charge in [-0.05, 0) is 83.9 Å². The number of tetrazole rings is 1. The van der Waals surface area contributed by atoms with Gasteiger partial charge in [0.25, 0.3) is 5.56 Å². The molecule has 33 heavy (non-hydrogen) atoms. The Balaban J connectivity index is 1.60. The number of fused-ring (bicyclic) bond motifs is 1. The number of nitrogens with zero attached hydrogens (tertiary/aromatic N) is 5. The lowest BCUT2D eigenvalue weighted by Gasteiger charge is -2.35. The summed E-state index contributed by atoms with van der Waals surface area (Å²) < 4.78 is 15.1. The maximum absolute atomic E-state index is 13.4. The first-order chi connectivity index (χ1) is 16.0. The van der Waals surface area contributed by atoms with Gasteiger partial charge < -0.3 is 4.98 Å². The van der Waals surface area contributed by atoms with Crippen LogP contribution in [0.4, 0.5) is 4.39 Å². The van der Waals surface area contributed by atoms with Crippen molar-refractivity contribution in [1.82, 2.24) is 30.1 Å². The third-order valence-electron chi connectivity index (χ3n) is 6.64. The molecule has 1 unspecified atom stereocenters. The minimum atomic E-state index is -0.374. The molecule has 2 aromatic carbocycles. The summed E-state index contributed by atoms with van der Waals surface area (Å²) in [6.07, 6.45) is 2.11. The van der Waals surface area contributed by atoms with Gasteiger partial charge in [-0.2, -0.15) is 0 Å². The number of hydrogen-bond acceptors (Lipinski definition) is 5. The number of benzene rings is 2. The van der Waals surface area contributed by atoms with Crippen molar-refractivity contribution in [3.8, 4) is 0 Å². The van der Waals surface area contributed by atoms with Crippen LogP contribution in [0.15, 0.2) is 53.3 Å². The van der Waals surface area contributed by atoms with E-state index in [1.165, 1.54) is 12.1 Å². The molecule has 1 saturated heterocycles. The van der Waals surface area contributed by atoms with Crippen molar-refractivity contribution in [3.63, 3.8) is 0 Å². The molecule has 0 amide bonds. The van der Waals surface area contributed by atoms with Crippen LogP contribution in [0.1, 0.15) is 48.3 Å². The van der Waals surface area contributed by atoms with E-state index >= 15 is 0 Å². The van der Waals surface area contributed by atoms with Gasteiger partial charge in [0.2, 0.25) is 0 Å². The van der Waals surface area contributed by atoms with Crippen LogP contribution in [0.25, 0.3) is 10.9 Å². The smallest absolute Gasteiger partial charge is 0.253 e. The molecule has 2 aromatic heterocycles. The molecule has 5 rings (SSSR count). The Morgan fingerprint density at radius 2 is 1.91 bits per heavy atom. The van der Waals surface area contributed by atoms with Crippen molar-refractivity contribution >= 4 is 10.9 Å². The number of aromatic nitrogens is 5. The molecule has 0 bridgehead atoms. The van der Waals surface area contributed by atoms with E-state index in [0.717, 1.165) is 48.0 Å². The van der Waals surface area contributed by atoms with Crippen LogP contribution in [-0.4, -0.2) is 43.2 Å². The van der Waals surface area contributed by atoms with Crippen LogP contribution in [0.3, 0.4) is 0 Å². The molecule has 7 nitrogen and oxygen atoms in total.